The molecular formula is C18H26N2O3. The van der Waals surface area contributed by atoms with Gasteiger partial charge in [0, 0.05) is 25.6 Å². The Kier molecular flexibility index (Phi) is 6.44. The zero-order valence-corrected chi connectivity index (χ0v) is 14.0. The first kappa shape index (κ1) is 17.3. The first-order valence-electron chi connectivity index (χ1n) is 8.32. The van der Waals surface area contributed by atoms with Gasteiger partial charge in [-0.05, 0) is 37.0 Å². The maximum atomic E-state index is 12.4. The van der Waals surface area contributed by atoms with Gasteiger partial charge >= 0.3 is 0 Å². The van der Waals surface area contributed by atoms with Crippen LogP contribution in [0.25, 0.3) is 0 Å². The summed E-state index contributed by atoms with van der Waals surface area (Å²) in [5, 5.41) is 3.05. The molecule has 1 aliphatic heterocycles. The summed E-state index contributed by atoms with van der Waals surface area (Å²) in [6.07, 6.45) is 3.53. The quantitative estimate of drug-likeness (QED) is 0.874. The molecule has 0 atom stereocenters. The first-order valence-corrected chi connectivity index (χ1v) is 8.32. The van der Waals surface area contributed by atoms with Crippen molar-refractivity contribution in [2.75, 3.05) is 20.2 Å². The second kappa shape index (κ2) is 8.56. The molecule has 1 N–H and O–H groups in total. The molecule has 1 aromatic rings. The van der Waals surface area contributed by atoms with E-state index in [2.05, 4.69) is 5.32 Å². The maximum absolute atomic E-state index is 12.4. The molecule has 23 heavy (non-hydrogen) atoms. The van der Waals surface area contributed by atoms with Gasteiger partial charge in [-0.25, -0.2) is 0 Å². The third-order valence-electron chi connectivity index (χ3n) is 4.20. The fourth-order valence-electron chi connectivity index (χ4n) is 2.83. The smallest absolute Gasteiger partial charge is 0.226 e. The number of amides is 2. The zero-order valence-electron chi connectivity index (χ0n) is 14.0. The van der Waals surface area contributed by atoms with Crippen molar-refractivity contribution in [3.8, 4) is 5.75 Å². The van der Waals surface area contributed by atoms with Crippen molar-refractivity contribution in [1.82, 2.24) is 10.2 Å². The SMILES string of the molecule is CCCC(=O)NC1CCN(C(=O)Cc2ccc(OC)cc2)CC1. The van der Waals surface area contributed by atoms with Crippen LogP contribution >= 0.6 is 0 Å². The average Bonchev–Trinajstić information content (AvgIpc) is 2.56. The Morgan fingerprint density at radius 1 is 1.22 bits per heavy atom. The highest BCUT2D eigenvalue weighted by Gasteiger charge is 2.23. The van der Waals surface area contributed by atoms with E-state index >= 15 is 0 Å². The number of carbonyl (C=O) groups excluding carboxylic acids is 2. The fourth-order valence-corrected chi connectivity index (χ4v) is 2.83. The lowest BCUT2D eigenvalue weighted by Gasteiger charge is -2.32. The number of methoxy groups -OCH3 is 1. The molecule has 0 unspecified atom stereocenters. The van der Waals surface area contributed by atoms with Crippen molar-refractivity contribution in [1.29, 1.82) is 0 Å². The zero-order chi connectivity index (χ0) is 16.7. The van der Waals surface area contributed by atoms with Gasteiger partial charge in [-0.2, -0.15) is 0 Å². The lowest BCUT2D eigenvalue weighted by atomic mass is 10.0. The monoisotopic (exact) mass is 318 g/mol. The summed E-state index contributed by atoms with van der Waals surface area (Å²) >= 11 is 0. The summed E-state index contributed by atoms with van der Waals surface area (Å²) in [7, 11) is 1.63. The molecule has 1 aliphatic rings. The van der Waals surface area contributed by atoms with Crippen LogP contribution in [-0.4, -0.2) is 43.0 Å². The Morgan fingerprint density at radius 3 is 2.43 bits per heavy atom. The van der Waals surface area contributed by atoms with E-state index in [4.69, 9.17) is 4.74 Å². The number of nitrogens with zero attached hydrogens (tertiary/aromatic N) is 1. The highest BCUT2D eigenvalue weighted by atomic mass is 16.5. The van der Waals surface area contributed by atoms with E-state index in [9.17, 15) is 9.59 Å². The molecule has 0 aromatic heterocycles. The molecule has 5 heteroatoms. The molecule has 1 saturated heterocycles. The number of nitrogens with one attached hydrogen (secondary N) is 1. The molecule has 5 nitrogen and oxygen atoms in total. The van der Waals surface area contributed by atoms with Gasteiger partial charge in [0.15, 0.2) is 0 Å². The molecule has 126 valence electrons. The minimum absolute atomic E-state index is 0.121. The fraction of sp³-hybridized carbons (Fsp3) is 0.556. The number of hydrogen-bond acceptors (Lipinski definition) is 3. The van der Waals surface area contributed by atoms with Gasteiger partial charge in [0.05, 0.1) is 13.5 Å². The Balaban J connectivity index is 1.77. The van der Waals surface area contributed by atoms with E-state index in [1.165, 1.54) is 0 Å². The molecule has 0 bridgehead atoms. The lowest BCUT2D eigenvalue weighted by Crippen LogP contribution is -2.46. The van der Waals surface area contributed by atoms with Crippen LogP contribution in [0, 0.1) is 0 Å². The van der Waals surface area contributed by atoms with Gasteiger partial charge in [-0.15, -0.1) is 0 Å². The summed E-state index contributed by atoms with van der Waals surface area (Å²) in [6.45, 7) is 3.43. The van der Waals surface area contributed by atoms with Crippen molar-refractivity contribution in [3.63, 3.8) is 0 Å². The van der Waals surface area contributed by atoms with Crippen molar-refractivity contribution >= 4 is 11.8 Å². The average molecular weight is 318 g/mol. The summed E-state index contributed by atoms with van der Waals surface area (Å²) < 4.78 is 5.12. The maximum Gasteiger partial charge on any atom is 0.226 e. The number of piperidine rings is 1. The molecule has 1 heterocycles. The van der Waals surface area contributed by atoms with E-state index in [-0.39, 0.29) is 17.9 Å². The first-order chi connectivity index (χ1) is 11.1. The molecule has 2 amide bonds. The minimum Gasteiger partial charge on any atom is -0.497 e. The topological polar surface area (TPSA) is 58.6 Å². The van der Waals surface area contributed by atoms with Crippen LogP contribution in [0.5, 0.6) is 5.75 Å². The molecule has 0 radical (unpaired) electrons. The van der Waals surface area contributed by atoms with E-state index in [1.807, 2.05) is 36.1 Å². The summed E-state index contributed by atoms with van der Waals surface area (Å²) in [4.78, 5) is 25.9. The second-order valence-electron chi connectivity index (χ2n) is 6.00. The van der Waals surface area contributed by atoms with E-state index in [0.29, 0.717) is 25.9 Å². The number of ether oxygens (including phenoxy) is 1. The van der Waals surface area contributed by atoms with E-state index in [0.717, 1.165) is 30.6 Å². The van der Waals surface area contributed by atoms with Gasteiger partial charge in [0.25, 0.3) is 0 Å². The second-order valence-corrected chi connectivity index (χ2v) is 6.00. The molecular weight excluding hydrogens is 292 g/mol. The Morgan fingerprint density at radius 2 is 1.87 bits per heavy atom. The molecule has 0 saturated carbocycles. The number of hydrogen-bond donors (Lipinski definition) is 1. The van der Waals surface area contributed by atoms with Gasteiger partial charge in [0.1, 0.15) is 5.75 Å². The highest BCUT2D eigenvalue weighted by Crippen LogP contribution is 2.15. The normalized spacial score (nSPS) is 15.3. The summed E-state index contributed by atoms with van der Waals surface area (Å²) in [5.74, 6) is 1.06. The largest absolute Gasteiger partial charge is 0.497 e. The van der Waals surface area contributed by atoms with Crippen LogP contribution < -0.4 is 10.1 Å². The van der Waals surface area contributed by atoms with Crippen molar-refractivity contribution in [3.05, 3.63) is 29.8 Å². The van der Waals surface area contributed by atoms with Gasteiger partial charge in [-0.1, -0.05) is 19.1 Å². The standard InChI is InChI=1S/C18H26N2O3/c1-3-4-17(21)19-15-9-11-20(12-10-15)18(22)13-14-5-7-16(23-2)8-6-14/h5-8,15H,3-4,9-13H2,1-2H3,(H,19,21). The molecule has 0 aliphatic carbocycles. The predicted octanol–water partition coefficient (Wildman–Crippen LogP) is 2.14. The molecule has 2 rings (SSSR count). The van der Waals surface area contributed by atoms with Crippen LogP contribution in [0.4, 0.5) is 0 Å². The molecule has 0 spiro atoms. The Bertz CT molecular complexity index is 520. The Hall–Kier alpha value is -2.04. The van der Waals surface area contributed by atoms with E-state index in [1.54, 1.807) is 7.11 Å². The predicted molar refractivity (Wildman–Crippen MR) is 89.4 cm³/mol. The van der Waals surface area contributed by atoms with Crippen molar-refractivity contribution in [2.45, 2.75) is 45.1 Å². The van der Waals surface area contributed by atoms with Crippen LogP contribution in [0.2, 0.25) is 0 Å². The van der Waals surface area contributed by atoms with Crippen molar-refractivity contribution in [2.24, 2.45) is 0 Å². The van der Waals surface area contributed by atoms with Gasteiger partial charge < -0.3 is 15.0 Å². The van der Waals surface area contributed by atoms with Crippen LogP contribution in [0.1, 0.15) is 38.2 Å². The van der Waals surface area contributed by atoms with E-state index < -0.39 is 0 Å². The number of benzene rings is 1. The third-order valence-corrected chi connectivity index (χ3v) is 4.20. The van der Waals surface area contributed by atoms with Gasteiger partial charge in [0.2, 0.25) is 11.8 Å². The minimum atomic E-state index is 0.121. The highest BCUT2D eigenvalue weighted by molar-refractivity contribution is 5.79. The number of likely N-dealkylation sites (tertiary alicyclic amines) is 1. The lowest BCUT2D eigenvalue weighted by molar-refractivity contribution is -0.131. The summed E-state index contributed by atoms with van der Waals surface area (Å²) in [5.41, 5.74) is 0.995. The van der Waals surface area contributed by atoms with Crippen LogP contribution in [0.15, 0.2) is 24.3 Å². The third kappa shape index (κ3) is 5.27. The molecule has 1 aromatic carbocycles. The van der Waals surface area contributed by atoms with Crippen molar-refractivity contribution < 1.29 is 14.3 Å². The Labute approximate surface area is 138 Å². The van der Waals surface area contributed by atoms with Gasteiger partial charge in [-0.3, -0.25) is 9.59 Å². The van der Waals surface area contributed by atoms with Crippen LogP contribution in [0.3, 0.4) is 0 Å². The number of rotatable bonds is 6. The number of carbonyl (C=O) groups is 2. The summed E-state index contributed by atoms with van der Waals surface area (Å²) in [6, 6.07) is 7.80. The molecule has 1 fully saturated rings. The van der Waals surface area contributed by atoms with Crippen LogP contribution in [-0.2, 0) is 16.0 Å².